The number of phenols is 2. The van der Waals surface area contributed by atoms with Gasteiger partial charge in [-0.3, -0.25) is 19.2 Å². The molecular weight excluding hydrogens is 884 g/mol. The maximum Gasteiger partial charge on any atom is 0.253 e. The molecule has 332 valence electrons. The van der Waals surface area contributed by atoms with Gasteiger partial charge in [0, 0.05) is 33.7 Å². The molecule has 3 unspecified atom stereocenters. The highest BCUT2D eigenvalue weighted by molar-refractivity contribution is 7.89. The molecule has 20 heteroatoms. The fraction of sp³-hybridized carbons (Fsp3) is 0.381. The van der Waals surface area contributed by atoms with E-state index in [0.29, 0.717) is 12.8 Å². The van der Waals surface area contributed by atoms with Crippen molar-refractivity contribution in [3.05, 3.63) is 111 Å². The molecular formula is C42H48Cl2N6O10S2. The number of anilines is 6. The molecule has 16 nitrogen and oxygen atoms in total. The number of aromatic hydroxyl groups is 2. The van der Waals surface area contributed by atoms with Gasteiger partial charge in [0.25, 0.3) is 21.7 Å². The molecule has 0 aromatic heterocycles. The minimum Gasteiger partial charge on any atom is -0.504 e. The average molecular weight is 932 g/mol. The Balaban J connectivity index is 1.20. The lowest BCUT2D eigenvalue weighted by Crippen LogP contribution is -2.45. The van der Waals surface area contributed by atoms with Crippen molar-refractivity contribution in [1.82, 2.24) is 8.61 Å². The number of phenolic OH excluding ortho intramolecular Hbond substituents is 2. The Morgan fingerprint density at radius 3 is 1.58 bits per heavy atom. The van der Waals surface area contributed by atoms with Crippen LogP contribution in [0, 0.1) is 5.92 Å². The number of sulfonamides is 2. The lowest BCUT2D eigenvalue weighted by Gasteiger charge is -2.35. The van der Waals surface area contributed by atoms with Crippen LogP contribution in [0.4, 0.5) is 34.1 Å². The van der Waals surface area contributed by atoms with E-state index in [1.165, 1.54) is 52.5 Å². The van der Waals surface area contributed by atoms with Crippen molar-refractivity contribution in [1.29, 1.82) is 0 Å². The van der Waals surface area contributed by atoms with Gasteiger partial charge in [-0.15, -0.1) is 0 Å². The smallest absolute Gasteiger partial charge is 0.253 e. The zero-order valence-electron chi connectivity index (χ0n) is 35.2. The van der Waals surface area contributed by atoms with Crippen LogP contribution in [-0.2, 0) is 25.6 Å². The van der Waals surface area contributed by atoms with Gasteiger partial charge in [0.15, 0.2) is 11.5 Å². The summed E-state index contributed by atoms with van der Waals surface area (Å²) in [5.74, 6) is -1.29. The Kier molecular flexibility index (Phi) is 12.5. The van der Waals surface area contributed by atoms with Gasteiger partial charge in [0.05, 0.1) is 27.0 Å². The predicted molar refractivity (Wildman–Crippen MR) is 243 cm³/mol. The number of hydrogen-bond acceptors (Lipinski definition) is 14. The molecule has 1 aliphatic rings. The first-order chi connectivity index (χ1) is 28.8. The molecule has 62 heavy (non-hydrogen) atoms. The first-order valence-corrected chi connectivity index (χ1v) is 23.2. The molecule has 1 saturated carbocycles. The van der Waals surface area contributed by atoms with E-state index in [4.69, 9.17) is 23.2 Å². The molecule has 0 radical (unpaired) electrons. The average Bonchev–Trinajstić information content (AvgIpc) is 3.73. The molecule has 6 N–H and O–H groups in total. The van der Waals surface area contributed by atoms with Crippen LogP contribution in [0.5, 0.6) is 11.5 Å². The van der Waals surface area contributed by atoms with Crippen LogP contribution in [0.25, 0.3) is 0 Å². The van der Waals surface area contributed by atoms with E-state index >= 15 is 0 Å². The Labute approximate surface area is 369 Å². The van der Waals surface area contributed by atoms with Gasteiger partial charge in [-0.25, -0.2) is 25.4 Å². The monoisotopic (exact) mass is 930 g/mol. The molecule has 0 aliphatic heterocycles. The van der Waals surface area contributed by atoms with Gasteiger partial charge < -0.3 is 31.5 Å². The molecule has 1 fully saturated rings. The maximum atomic E-state index is 13.0. The fourth-order valence-corrected chi connectivity index (χ4v) is 10.8. The third kappa shape index (κ3) is 8.07. The Morgan fingerprint density at radius 2 is 1.13 bits per heavy atom. The Morgan fingerprint density at radius 1 is 0.677 bits per heavy atom. The highest BCUT2D eigenvalue weighted by Gasteiger charge is 2.40. The summed E-state index contributed by atoms with van der Waals surface area (Å²) in [6.07, 6.45) is 2.77. The Bertz CT molecular complexity index is 2970. The van der Waals surface area contributed by atoms with E-state index in [1.807, 2.05) is 52.0 Å². The summed E-state index contributed by atoms with van der Waals surface area (Å²) < 4.78 is 53.4. The van der Waals surface area contributed by atoms with Crippen LogP contribution >= 0.6 is 23.2 Å². The van der Waals surface area contributed by atoms with E-state index in [-0.39, 0.29) is 56.0 Å². The van der Waals surface area contributed by atoms with Crippen molar-refractivity contribution in [2.45, 2.75) is 80.2 Å². The van der Waals surface area contributed by atoms with Crippen molar-refractivity contribution in [2.75, 3.05) is 49.5 Å². The molecule has 0 saturated heterocycles. The van der Waals surface area contributed by atoms with Gasteiger partial charge in [-0.05, 0) is 93.7 Å². The first-order valence-electron chi connectivity index (χ1n) is 19.5. The van der Waals surface area contributed by atoms with E-state index in [1.54, 1.807) is 0 Å². The van der Waals surface area contributed by atoms with E-state index in [2.05, 4.69) is 21.3 Å². The van der Waals surface area contributed by atoms with Crippen molar-refractivity contribution >= 4 is 77.4 Å². The van der Waals surface area contributed by atoms with E-state index in [0.717, 1.165) is 32.6 Å². The van der Waals surface area contributed by atoms with Crippen LogP contribution in [0.15, 0.2) is 77.5 Å². The van der Waals surface area contributed by atoms with Crippen LogP contribution in [-0.4, -0.2) is 69.4 Å². The predicted octanol–water partition coefficient (Wildman–Crippen LogP) is 6.10. The second kappa shape index (κ2) is 16.6. The molecule has 0 amide bonds. The van der Waals surface area contributed by atoms with Crippen molar-refractivity contribution in [3.8, 4) is 11.5 Å². The zero-order valence-corrected chi connectivity index (χ0v) is 38.4. The minimum absolute atomic E-state index is 0.0131. The summed E-state index contributed by atoms with van der Waals surface area (Å²) >= 11 is 12.3. The van der Waals surface area contributed by atoms with Gasteiger partial charge in [-0.2, -0.15) is 0 Å². The lowest BCUT2D eigenvalue weighted by atomic mass is 9.82. The molecule has 0 bridgehead atoms. The maximum absolute atomic E-state index is 13.0. The first kappa shape index (κ1) is 46.5. The molecule has 0 spiro atoms. The summed E-state index contributed by atoms with van der Waals surface area (Å²) in [6.45, 7) is 7.67. The summed E-state index contributed by atoms with van der Waals surface area (Å²) in [7, 11) is -3.22. The van der Waals surface area contributed by atoms with Gasteiger partial charge >= 0.3 is 0 Å². The second-order valence-corrected chi connectivity index (χ2v) is 21.7. The summed E-state index contributed by atoms with van der Waals surface area (Å²) in [6, 6.07) is 13.0. The number of halogens is 2. The number of nitrogens with one attached hydrogen (secondary N) is 4. The minimum atomic E-state index is -4.18. The molecule has 5 aromatic rings. The summed E-state index contributed by atoms with van der Waals surface area (Å²) in [5, 5.41) is 33.5. The summed E-state index contributed by atoms with van der Waals surface area (Å²) in [5.41, 5.74) is -3.44. The van der Waals surface area contributed by atoms with Gasteiger partial charge in [-0.1, -0.05) is 54.4 Å². The fourth-order valence-electron chi connectivity index (χ4n) is 7.82. The molecule has 6 rings (SSSR count). The van der Waals surface area contributed by atoms with Crippen molar-refractivity contribution < 1.29 is 27.0 Å². The largest absolute Gasteiger partial charge is 0.504 e. The highest BCUT2D eigenvalue weighted by atomic mass is 35.5. The molecule has 1 aliphatic carbocycles. The molecule has 5 aromatic carbocycles. The summed E-state index contributed by atoms with van der Waals surface area (Å²) in [4.78, 5) is 50.5. The third-order valence-electron chi connectivity index (χ3n) is 12.0. The van der Waals surface area contributed by atoms with Crippen LogP contribution in [0.2, 0.25) is 10.0 Å². The standard InChI is InChI=1S/C42H48Cl2N6O10S2/c1-9-42(4,48-32-30(36(54)38(32)56)46-28-18-16-26(44)40(34(28)52)62(59,60)50(7)8)24-12-10-11-21(20-24)22-13-14-23(19-22)41(2,3)47-31-29(35(53)37(31)55)45-27-17-15-25(43)39(33(27)51)61(57,58)49(5)6/h10-12,15-18,20,22-23,45-48,51-52H,9,13-14,19H2,1-8H3. The number of hydrogen-bond donors (Lipinski definition) is 6. The van der Waals surface area contributed by atoms with Crippen molar-refractivity contribution in [2.24, 2.45) is 5.92 Å². The normalized spacial score (nSPS) is 17.2. The third-order valence-corrected chi connectivity index (χ3v) is 16.6. The number of rotatable bonds is 16. The van der Waals surface area contributed by atoms with Crippen LogP contribution in [0.1, 0.15) is 70.4 Å². The van der Waals surface area contributed by atoms with Gasteiger partial charge in [0.2, 0.25) is 20.0 Å². The van der Waals surface area contributed by atoms with Crippen LogP contribution in [0.3, 0.4) is 0 Å². The zero-order chi connectivity index (χ0) is 46.0. The quantitative estimate of drug-likeness (QED) is 0.0486. The second-order valence-electron chi connectivity index (χ2n) is 16.7. The van der Waals surface area contributed by atoms with Crippen LogP contribution < -0.4 is 43.0 Å². The SMILES string of the molecule is CCC(C)(Nc1c(Nc2ccc(Cl)c(S(=O)(=O)N(C)C)c2O)c(=O)c1=O)c1cccc(C2CCC(C(C)(C)Nc3c(Nc4ccc(Cl)c(S(=O)(=O)N(C)C)c4O)c(=O)c3=O)C2)c1. The highest BCUT2D eigenvalue weighted by Crippen LogP contribution is 2.46. The van der Waals surface area contributed by atoms with Gasteiger partial charge in [0.1, 0.15) is 32.5 Å². The van der Waals surface area contributed by atoms with E-state index < -0.39 is 74.1 Å². The molecule has 3 atom stereocenters. The number of benzene rings is 3. The Hall–Kier alpha value is -4.98. The molecule has 0 heterocycles. The van der Waals surface area contributed by atoms with Crippen molar-refractivity contribution in [3.63, 3.8) is 0 Å². The lowest BCUT2D eigenvalue weighted by molar-refractivity contribution is 0.353. The number of nitrogens with zero attached hydrogens (tertiary/aromatic N) is 2. The topological polar surface area (TPSA) is 232 Å². The van der Waals surface area contributed by atoms with E-state index in [9.17, 15) is 46.2 Å².